The zero-order valence-electron chi connectivity index (χ0n) is 11.1. The van der Waals surface area contributed by atoms with Crippen LogP contribution in [0.2, 0.25) is 0 Å². The first-order valence-electron chi connectivity index (χ1n) is 6.07. The van der Waals surface area contributed by atoms with Crippen molar-refractivity contribution in [3.8, 4) is 0 Å². The summed E-state index contributed by atoms with van der Waals surface area (Å²) in [6, 6.07) is 3.60. The van der Waals surface area contributed by atoms with Crippen molar-refractivity contribution >= 4 is 16.3 Å². The van der Waals surface area contributed by atoms with Crippen LogP contribution in [-0.2, 0) is 6.54 Å². The molecule has 0 spiro atoms. The predicted octanol–water partition coefficient (Wildman–Crippen LogP) is 2.46. The molecule has 102 valence electrons. The van der Waals surface area contributed by atoms with Crippen LogP contribution in [0.3, 0.4) is 0 Å². The van der Waals surface area contributed by atoms with Gasteiger partial charge in [-0.15, -0.1) is 0 Å². The van der Waals surface area contributed by atoms with Gasteiger partial charge in [0.1, 0.15) is 0 Å². The van der Waals surface area contributed by atoms with Crippen molar-refractivity contribution in [2.24, 2.45) is 11.7 Å². The number of nitrogens with two attached hydrogens (primary N) is 1. The number of rotatable bonds is 7. The van der Waals surface area contributed by atoms with Crippen LogP contribution in [0.1, 0.15) is 25.1 Å². The fourth-order valence-corrected chi connectivity index (χ4v) is 2.50. The smallest absolute Gasteiger partial charge is 0.324 e. The molecule has 1 unspecified atom stereocenters. The third kappa shape index (κ3) is 4.72. The summed E-state index contributed by atoms with van der Waals surface area (Å²) in [7, 11) is 2.01. The Bertz CT molecular complexity index is 392. The van der Waals surface area contributed by atoms with Gasteiger partial charge in [-0.3, -0.25) is 10.1 Å². The van der Waals surface area contributed by atoms with Crippen LogP contribution >= 0.6 is 11.3 Å². The molecule has 0 radical (unpaired) electrons. The van der Waals surface area contributed by atoms with Gasteiger partial charge in [0.15, 0.2) is 0 Å². The van der Waals surface area contributed by atoms with E-state index in [0.717, 1.165) is 24.4 Å². The van der Waals surface area contributed by atoms with E-state index in [4.69, 9.17) is 5.73 Å². The van der Waals surface area contributed by atoms with E-state index in [1.54, 1.807) is 6.07 Å². The van der Waals surface area contributed by atoms with Crippen molar-refractivity contribution in [3.05, 3.63) is 27.1 Å². The molecule has 1 aromatic rings. The average Bonchev–Trinajstić information content (AvgIpc) is 2.74. The minimum Gasteiger partial charge on any atom is -0.327 e. The molecule has 18 heavy (non-hydrogen) atoms. The van der Waals surface area contributed by atoms with Crippen LogP contribution in [0.5, 0.6) is 0 Å². The Kier molecular flexibility index (Phi) is 5.71. The summed E-state index contributed by atoms with van der Waals surface area (Å²) in [6.45, 7) is 5.88. The van der Waals surface area contributed by atoms with Crippen molar-refractivity contribution in [2.45, 2.75) is 32.9 Å². The van der Waals surface area contributed by atoms with Gasteiger partial charge >= 0.3 is 5.00 Å². The highest BCUT2D eigenvalue weighted by Gasteiger charge is 2.12. The zero-order chi connectivity index (χ0) is 13.7. The van der Waals surface area contributed by atoms with Crippen LogP contribution in [-0.4, -0.2) is 29.5 Å². The molecule has 0 aliphatic rings. The number of hydrogen-bond donors (Lipinski definition) is 1. The molecular weight excluding hydrogens is 250 g/mol. The maximum atomic E-state index is 10.6. The third-order valence-electron chi connectivity index (χ3n) is 2.95. The lowest BCUT2D eigenvalue weighted by Crippen LogP contribution is -2.31. The van der Waals surface area contributed by atoms with Crippen molar-refractivity contribution in [3.63, 3.8) is 0 Å². The second-order valence-electron chi connectivity index (χ2n) is 4.93. The Balaban J connectivity index is 2.39. The summed E-state index contributed by atoms with van der Waals surface area (Å²) in [5.41, 5.74) is 5.99. The summed E-state index contributed by atoms with van der Waals surface area (Å²) >= 11 is 1.24. The lowest BCUT2D eigenvalue weighted by molar-refractivity contribution is -0.380. The monoisotopic (exact) mass is 271 g/mol. The van der Waals surface area contributed by atoms with Gasteiger partial charge in [0.25, 0.3) is 0 Å². The van der Waals surface area contributed by atoms with Crippen LogP contribution in [0.4, 0.5) is 5.00 Å². The molecule has 0 bridgehead atoms. The minimum atomic E-state index is -0.344. The van der Waals surface area contributed by atoms with Gasteiger partial charge in [-0.05, 0) is 32.0 Å². The molecular formula is C12H21N3O2S. The minimum absolute atomic E-state index is 0.206. The maximum Gasteiger partial charge on any atom is 0.324 e. The predicted molar refractivity (Wildman–Crippen MR) is 74.7 cm³/mol. The average molecular weight is 271 g/mol. The third-order valence-corrected chi connectivity index (χ3v) is 3.98. The van der Waals surface area contributed by atoms with Gasteiger partial charge in [0.2, 0.25) is 0 Å². The SMILES string of the molecule is CC(C)C(N)CCN(C)Cc1ccc([N+](=O)[O-])s1. The van der Waals surface area contributed by atoms with E-state index >= 15 is 0 Å². The Labute approximate surface area is 112 Å². The Morgan fingerprint density at radius 2 is 2.17 bits per heavy atom. The summed E-state index contributed by atoms with van der Waals surface area (Å²) < 4.78 is 0. The van der Waals surface area contributed by atoms with Crippen molar-refractivity contribution in [1.82, 2.24) is 4.90 Å². The number of hydrogen-bond acceptors (Lipinski definition) is 5. The largest absolute Gasteiger partial charge is 0.327 e. The first-order chi connectivity index (χ1) is 8.40. The molecule has 0 aliphatic carbocycles. The Morgan fingerprint density at radius 3 is 2.67 bits per heavy atom. The topological polar surface area (TPSA) is 72.4 Å². The van der Waals surface area contributed by atoms with E-state index in [0.29, 0.717) is 5.92 Å². The quantitative estimate of drug-likeness (QED) is 0.610. The van der Waals surface area contributed by atoms with E-state index in [2.05, 4.69) is 18.7 Å². The van der Waals surface area contributed by atoms with Gasteiger partial charge < -0.3 is 10.6 Å². The van der Waals surface area contributed by atoms with Crippen molar-refractivity contribution in [2.75, 3.05) is 13.6 Å². The zero-order valence-corrected chi connectivity index (χ0v) is 11.9. The number of thiophene rings is 1. The lowest BCUT2D eigenvalue weighted by atomic mass is 10.0. The van der Waals surface area contributed by atoms with Crippen molar-refractivity contribution in [1.29, 1.82) is 0 Å². The Hall–Kier alpha value is -0.980. The van der Waals surface area contributed by atoms with E-state index in [1.165, 1.54) is 11.3 Å². The second-order valence-corrected chi connectivity index (χ2v) is 6.08. The summed E-state index contributed by atoms with van der Waals surface area (Å²) in [5, 5.41) is 10.8. The molecule has 0 aliphatic heterocycles. The molecule has 6 heteroatoms. The first kappa shape index (κ1) is 15.1. The highest BCUT2D eigenvalue weighted by molar-refractivity contribution is 7.15. The standard InChI is InChI=1S/C12H21N3O2S/c1-9(2)11(13)6-7-14(3)8-10-4-5-12(18-10)15(16)17/h4-5,9,11H,6-8,13H2,1-3H3. The van der Waals surface area contributed by atoms with Gasteiger partial charge in [-0.25, -0.2) is 0 Å². The van der Waals surface area contributed by atoms with Crippen LogP contribution in [0.15, 0.2) is 12.1 Å². The van der Waals surface area contributed by atoms with Crippen LogP contribution < -0.4 is 5.73 Å². The maximum absolute atomic E-state index is 10.6. The highest BCUT2D eigenvalue weighted by Crippen LogP contribution is 2.24. The van der Waals surface area contributed by atoms with Gasteiger partial charge in [-0.2, -0.15) is 0 Å². The summed E-state index contributed by atoms with van der Waals surface area (Å²) in [5.74, 6) is 0.487. The van der Waals surface area contributed by atoms with Gasteiger partial charge in [-0.1, -0.05) is 25.2 Å². The van der Waals surface area contributed by atoms with Gasteiger partial charge in [0, 0.05) is 23.5 Å². The molecule has 0 fully saturated rings. The molecule has 0 saturated carbocycles. The first-order valence-corrected chi connectivity index (χ1v) is 6.89. The van der Waals surface area contributed by atoms with Crippen LogP contribution in [0.25, 0.3) is 0 Å². The highest BCUT2D eigenvalue weighted by atomic mass is 32.1. The van der Waals surface area contributed by atoms with E-state index in [1.807, 2.05) is 13.1 Å². The molecule has 1 rings (SSSR count). The fraction of sp³-hybridized carbons (Fsp3) is 0.667. The molecule has 0 saturated heterocycles. The van der Waals surface area contributed by atoms with E-state index in [-0.39, 0.29) is 16.0 Å². The lowest BCUT2D eigenvalue weighted by Gasteiger charge is -2.20. The van der Waals surface area contributed by atoms with Gasteiger partial charge in [0.05, 0.1) is 4.92 Å². The number of nitrogens with zero attached hydrogens (tertiary/aromatic N) is 2. The second kappa shape index (κ2) is 6.82. The molecule has 1 aromatic heterocycles. The number of nitro groups is 1. The van der Waals surface area contributed by atoms with E-state index < -0.39 is 0 Å². The molecule has 1 heterocycles. The Morgan fingerprint density at radius 1 is 1.50 bits per heavy atom. The fourth-order valence-electron chi connectivity index (χ4n) is 1.60. The molecule has 1 atom stereocenters. The molecule has 2 N–H and O–H groups in total. The van der Waals surface area contributed by atoms with Crippen molar-refractivity contribution < 1.29 is 4.92 Å². The molecule has 5 nitrogen and oxygen atoms in total. The van der Waals surface area contributed by atoms with E-state index in [9.17, 15) is 10.1 Å². The summed E-state index contributed by atoms with van der Waals surface area (Å²) in [6.07, 6.45) is 0.946. The summed E-state index contributed by atoms with van der Waals surface area (Å²) in [4.78, 5) is 13.4. The van der Waals surface area contributed by atoms with Crippen LogP contribution in [0, 0.1) is 16.0 Å². The molecule has 0 aromatic carbocycles. The molecule has 0 amide bonds. The normalized spacial score (nSPS) is 13.2.